The summed E-state index contributed by atoms with van der Waals surface area (Å²) in [5.41, 5.74) is 6.82. The van der Waals surface area contributed by atoms with E-state index in [4.69, 9.17) is 95.3 Å². The van der Waals surface area contributed by atoms with Gasteiger partial charge in [-0.05, 0) is 153 Å². The minimum atomic E-state index is -0.770. The van der Waals surface area contributed by atoms with E-state index in [1.165, 1.54) is 199 Å². The van der Waals surface area contributed by atoms with Crippen molar-refractivity contribution in [2.75, 3.05) is 0 Å². The molecule has 0 spiro atoms. The first-order chi connectivity index (χ1) is 59.8. The smallest absolute Gasteiger partial charge is 0.814 e. The van der Waals surface area contributed by atoms with Crippen LogP contribution < -0.4 is 16.4 Å². The monoisotopic (exact) mass is 2640 g/mol. The summed E-state index contributed by atoms with van der Waals surface area (Å²) >= 11 is 0. The molecule has 0 bridgehead atoms. The topological polar surface area (TPSA) is 404 Å². The van der Waals surface area contributed by atoms with Gasteiger partial charge in [-0.15, -0.1) is 48.6 Å². The molecule has 29 heteroatoms. The molecule has 3 aromatic rings. The van der Waals surface area contributed by atoms with Crippen molar-refractivity contribution in [1.82, 2.24) is 19.1 Å². The fraction of sp³-hybridized carbons (Fsp3) is 0.653. The Labute approximate surface area is 1010 Å². The van der Waals surface area contributed by atoms with Gasteiger partial charge >= 0.3 is 117 Å². The van der Waals surface area contributed by atoms with E-state index in [0.717, 1.165) is 90.6 Å². The first kappa shape index (κ1) is 242. The maximum atomic E-state index is 7.44. The van der Waals surface area contributed by atoms with Gasteiger partial charge < -0.3 is 145 Å². The van der Waals surface area contributed by atoms with Crippen LogP contribution in [0.1, 0.15) is 434 Å². The molecule has 5 aliphatic carbocycles. The summed E-state index contributed by atoms with van der Waals surface area (Å²) in [5, 5.41) is 120. The molecule has 1 radical (unpaired) electrons. The summed E-state index contributed by atoms with van der Waals surface area (Å²) in [4.78, 5) is 9.95. The van der Waals surface area contributed by atoms with Gasteiger partial charge in [-0.2, -0.15) is 0 Å². The van der Waals surface area contributed by atoms with Crippen LogP contribution in [-0.4, -0.2) is 101 Å². The maximum absolute atomic E-state index is 7.44. The van der Waals surface area contributed by atoms with E-state index in [1.54, 1.807) is 60.7 Å². The summed E-state index contributed by atoms with van der Waals surface area (Å²) in [5.74, 6) is 4.68. The number of aromatic nitrogens is 4. The Balaban J connectivity index is -0.0000000293. The fourth-order valence-electron chi connectivity index (χ4n) is 13.7. The van der Waals surface area contributed by atoms with Gasteiger partial charge in [0.15, 0.2) is 0 Å². The van der Waals surface area contributed by atoms with Crippen LogP contribution in [0, 0.1) is 213 Å². The van der Waals surface area contributed by atoms with Crippen molar-refractivity contribution in [3.8, 4) is 48.6 Å². The molecule has 0 aliphatic heterocycles. The molecular formula is C118H235N20P3Ru6+3. The van der Waals surface area contributed by atoms with Crippen molar-refractivity contribution in [2.45, 2.75) is 466 Å². The van der Waals surface area contributed by atoms with Crippen LogP contribution in [0.2, 0.25) is 0 Å². The number of benzene rings is 1. The molecule has 20 nitrogen and oxygen atoms in total. The number of aryl methyl sites for hydroxylation is 2. The van der Waals surface area contributed by atoms with E-state index in [-0.39, 0.29) is 217 Å². The van der Waals surface area contributed by atoms with E-state index in [0.29, 0.717) is 20.6 Å². The van der Waals surface area contributed by atoms with Crippen LogP contribution in [0.3, 0.4) is 0 Å². The van der Waals surface area contributed by atoms with Crippen molar-refractivity contribution >= 4 is 89.9 Å². The van der Waals surface area contributed by atoms with Crippen LogP contribution in [0.25, 0.3) is 43.3 Å². The standard InChI is InChI=1S/C16H31N2P.C14H27N2P.C14H23P.C10H20.4C5H10.8C2H4N.8C2H2N.7CH4.5CH3.6Ru/c1-14(2,3)12-11-18(10)13(17-12)19(15(4,5)6)16(7,8)9;1-10(2)17(11(3)4)13-15-12(9-16(13)8)14(5,6)7;1-13(2,3)15(14(4,5)6)12-10-8-7-9-11-12;1-6-7(2)9(4)10(5)8(6)3;4*1-2-4-5-3-1;16*1-2-3;;;;;;;;;;;;;;;;;;/h11H,1-10H3;9-11H,1-8H3;7-11H,1-6H3;6-10H,1-5H3;4*1-5H2;8*2H,1H3;8*1H2;7*1H4;5*1H3;;;;;;/q;;;;;;;;16*-1;;;;;;;;5*-1;2*+2;+3;2*+4;+6/p+3. The van der Waals surface area contributed by atoms with E-state index >= 15 is 0 Å². The van der Waals surface area contributed by atoms with Crippen LogP contribution >= 0.6 is 23.8 Å². The van der Waals surface area contributed by atoms with Crippen LogP contribution in [0.5, 0.6) is 0 Å². The molecule has 0 saturated heterocycles. The van der Waals surface area contributed by atoms with Gasteiger partial charge in [0, 0.05) is 45.2 Å². The second-order valence-corrected chi connectivity index (χ2v) is 48.4. The molecule has 2 heterocycles. The van der Waals surface area contributed by atoms with Gasteiger partial charge in [0.2, 0.25) is 0 Å². The van der Waals surface area contributed by atoms with Crippen molar-refractivity contribution in [3.63, 3.8) is 0 Å². The quantitative estimate of drug-likeness (QED) is 0.100. The molecule has 8 rings (SSSR count). The zero-order chi connectivity index (χ0) is 106. The third-order valence-electron chi connectivity index (χ3n) is 18.2. The fourth-order valence-corrected chi connectivity index (χ4v) is 25.5. The second kappa shape index (κ2) is 171. The SMILES string of the molecule is C.C.C.C.C.C.C.C1CCCC1.C1CCCC1.C1CCCC1.C1CCCC1.CC(C)(C)[PH+](c1ccccc1)C(C)(C)C.CC(C)[PH+](c1nc(C(C)(C)C)cn1C)C(C)C.CC1C(C)C(C)C(C)C1C.CC=[N-].CC=[N-].CC=[N-].CC=[N-].CC=[N-].CC=[N-].CC=[N-].CC=[N-].Cn1cc(C(C)(C)C)nc1[PH+](C(C)(C)C)C(C)(C)C.[CH2-]C#N.[CH2-]C#N.[CH2-]C#N.[CH2-]C#N.[CH2-]C#N.[CH2-]C#N.[CH2-]C#N.[CH2-]C#N.[CH3-].[CH3-].[CH3-].[CH3-].[CH3-].[Ru+2].[Ru+2].[Ru+3].[Ru+4].[Ru+4].[Ru+6]. The van der Waals surface area contributed by atoms with Crippen LogP contribution in [0.15, 0.2) is 42.7 Å². The average molecular weight is 2630 g/mol. The Morgan fingerprint density at radius 1 is 0.313 bits per heavy atom. The molecule has 5 fully saturated rings. The Hall–Kier alpha value is -5.09. The second-order valence-electron chi connectivity index (χ2n) is 36.2. The number of rotatable bonds is 5. The number of imidazole rings is 2. The minimum Gasteiger partial charge on any atom is -0.814 e. The first-order valence-electron chi connectivity index (χ1n) is 45.2. The third kappa shape index (κ3) is 180. The van der Waals surface area contributed by atoms with Gasteiger partial charge in [0.25, 0.3) is 11.1 Å². The van der Waals surface area contributed by atoms with Gasteiger partial charge in [-0.3, -0.25) is 0 Å². The average Bonchev–Trinajstić information content (AvgIpc) is 1.64. The molecule has 147 heavy (non-hydrogen) atoms. The van der Waals surface area contributed by atoms with Crippen molar-refractivity contribution in [2.24, 2.45) is 43.7 Å². The van der Waals surface area contributed by atoms with Gasteiger partial charge in [0.05, 0.1) is 64.5 Å². The third-order valence-corrected chi connectivity index (χ3v) is 29.5. The molecule has 0 N–H and O–H groups in total. The Morgan fingerprint density at radius 3 is 0.544 bits per heavy atom. The largest absolute Gasteiger partial charge is 6.00 e. The molecule has 867 valence electrons. The molecule has 2 aromatic heterocycles. The molecule has 0 atom stereocenters. The van der Waals surface area contributed by atoms with Crippen LogP contribution in [-0.2, 0) is 142 Å². The molecule has 5 saturated carbocycles. The normalized spacial score (nSPS) is 12.8. The maximum Gasteiger partial charge on any atom is 6.00 e. The van der Waals surface area contributed by atoms with E-state index in [2.05, 4.69) is 308 Å². The summed E-state index contributed by atoms with van der Waals surface area (Å²) in [7, 11) is 2.40. The summed E-state index contributed by atoms with van der Waals surface area (Å²) in [6.45, 7) is 97.9. The summed E-state index contributed by atoms with van der Waals surface area (Å²) in [6, 6.07) is 23.0. The van der Waals surface area contributed by atoms with Gasteiger partial charge in [-0.1, -0.05) is 330 Å². The summed E-state index contributed by atoms with van der Waals surface area (Å²) < 4.78 is 4.53. The Morgan fingerprint density at radius 2 is 0.435 bits per heavy atom. The number of nitriles is 8. The van der Waals surface area contributed by atoms with Crippen molar-refractivity contribution < 1.29 is 117 Å². The molecule has 5 aliphatic rings. The van der Waals surface area contributed by atoms with Crippen molar-refractivity contribution in [3.05, 3.63) is 190 Å². The summed E-state index contributed by atoms with van der Waals surface area (Å²) in [6.07, 6.45) is 42.4. The molecule has 0 amide bonds. The molecular weight excluding hydrogens is 2400 g/mol. The Kier molecular flexibility index (Phi) is 282. The molecule has 0 unspecified atom stereocenters. The zero-order valence-electron chi connectivity index (χ0n) is 96.6. The number of hydrogen-bond acceptors (Lipinski definition) is 10. The zero-order valence-corrected chi connectivity index (χ0v) is 110. The predicted octanol–water partition coefficient (Wildman–Crippen LogP) is 37.2. The predicted molar refractivity (Wildman–Crippen MR) is 669 cm³/mol. The van der Waals surface area contributed by atoms with Crippen molar-refractivity contribution in [1.29, 1.82) is 42.1 Å². The first-order valence-corrected chi connectivity index (χ1v) is 49.9. The number of nitrogens with zero attached hydrogens (tertiary/aromatic N) is 20. The van der Waals surface area contributed by atoms with Gasteiger partial charge in [-0.25, -0.2) is 102 Å². The van der Waals surface area contributed by atoms with E-state index < -0.39 is 23.8 Å². The number of hydrogen-bond donors (Lipinski definition) is 0. The van der Waals surface area contributed by atoms with E-state index in [9.17, 15) is 0 Å². The molecule has 1 aromatic carbocycles. The minimum absolute atomic E-state index is 0. The Bertz CT molecular complexity index is 2990. The van der Waals surface area contributed by atoms with E-state index in [1.807, 2.05) is 0 Å². The van der Waals surface area contributed by atoms with Crippen LogP contribution in [0.4, 0.5) is 0 Å². The van der Waals surface area contributed by atoms with Gasteiger partial charge in [0.1, 0.15) is 0 Å².